The lowest BCUT2D eigenvalue weighted by molar-refractivity contribution is -0.122. The van der Waals surface area contributed by atoms with Crippen molar-refractivity contribution < 1.29 is 27.3 Å². The van der Waals surface area contributed by atoms with Crippen molar-refractivity contribution >= 4 is 21.7 Å². The largest absolute Gasteiger partial charge is 0.497 e. The third-order valence-electron chi connectivity index (χ3n) is 8.07. The van der Waals surface area contributed by atoms with E-state index < -0.39 is 15.4 Å². The summed E-state index contributed by atoms with van der Waals surface area (Å²) in [6.07, 6.45) is 6.03. The zero-order chi connectivity index (χ0) is 27.5. The molecule has 3 aromatic rings. The molecule has 2 aliphatic rings. The molecule has 1 saturated carbocycles. The smallest absolute Gasteiger partial charge is 0.243 e. The summed E-state index contributed by atoms with van der Waals surface area (Å²) in [7, 11) is -2.06. The summed E-state index contributed by atoms with van der Waals surface area (Å²) in [6, 6.07) is 19.4. The molecule has 0 radical (unpaired) electrons. The number of methoxy groups -OCH3 is 1. The minimum atomic E-state index is -3.69. The maximum atomic E-state index is 13.8. The number of aliphatic hydroxyl groups excluding tert-OH is 1. The Balaban J connectivity index is 0.00000205. The third-order valence-corrected chi connectivity index (χ3v) is 10.0. The van der Waals surface area contributed by atoms with Gasteiger partial charge in [0.15, 0.2) is 0 Å². The molecule has 1 aliphatic heterocycles. The molecule has 2 N–H and O–H groups in total. The van der Waals surface area contributed by atoms with Gasteiger partial charge in [-0.3, -0.25) is 4.79 Å². The van der Waals surface area contributed by atoms with E-state index in [4.69, 9.17) is 4.74 Å². The van der Waals surface area contributed by atoms with Gasteiger partial charge < -0.3 is 15.2 Å². The number of ether oxygens (including phenoxy) is 1. The number of nitrogens with one attached hydrogen (secondary N) is 1. The van der Waals surface area contributed by atoms with E-state index in [1.165, 1.54) is 4.31 Å². The summed E-state index contributed by atoms with van der Waals surface area (Å²) in [5, 5.41) is 12.6. The molecular formula is C30H41N3O5S. The standard InChI is InChI=1S/C30H35N3O5S.3H2/c1-38-25-14-12-23(13-15-25)30(18-3-2-4-19-30)29(35)32-28-9-5-8-27(31-28)22-10-16-26(17-11-22)39(36,37)33-20-6-7-24(33)21-34;;;/h5,8-17,24,34H,2-4,6-7,18-21H2,1H3,(H,31,32,35);3*1H/t24-;;;/m1.../s1. The Morgan fingerprint density at radius 2 is 1.77 bits per heavy atom. The molecule has 2 heterocycles. The van der Waals surface area contributed by atoms with Crippen LogP contribution < -0.4 is 10.1 Å². The zero-order valence-corrected chi connectivity index (χ0v) is 23.0. The van der Waals surface area contributed by atoms with Crippen molar-refractivity contribution in [2.75, 3.05) is 25.6 Å². The van der Waals surface area contributed by atoms with Crippen LogP contribution in [0, 0.1) is 0 Å². The number of rotatable bonds is 8. The molecule has 1 saturated heterocycles. The van der Waals surface area contributed by atoms with E-state index in [9.17, 15) is 18.3 Å². The second-order valence-corrected chi connectivity index (χ2v) is 12.2. The highest BCUT2D eigenvalue weighted by Gasteiger charge is 2.41. The fourth-order valence-electron chi connectivity index (χ4n) is 5.85. The van der Waals surface area contributed by atoms with Crippen molar-refractivity contribution in [3.05, 3.63) is 72.3 Å². The Morgan fingerprint density at radius 3 is 2.44 bits per heavy atom. The molecule has 0 bridgehead atoms. The summed E-state index contributed by atoms with van der Waals surface area (Å²) in [6.45, 7) is 0.232. The number of sulfonamides is 1. The van der Waals surface area contributed by atoms with Crippen LogP contribution in [0.4, 0.5) is 5.82 Å². The highest BCUT2D eigenvalue weighted by molar-refractivity contribution is 7.89. The first kappa shape index (κ1) is 27.3. The zero-order valence-electron chi connectivity index (χ0n) is 22.2. The van der Waals surface area contributed by atoms with Crippen LogP contribution in [0.5, 0.6) is 5.75 Å². The van der Waals surface area contributed by atoms with Gasteiger partial charge in [0, 0.05) is 22.4 Å². The van der Waals surface area contributed by atoms with E-state index in [0.29, 0.717) is 24.5 Å². The Kier molecular flexibility index (Phi) is 8.02. The number of hydrogen-bond acceptors (Lipinski definition) is 6. The molecule has 2 aromatic carbocycles. The number of hydrogen-bond donors (Lipinski definition) is 2. The molecule has 1 amide bonds. The highest BCUT2D eigenvalue weighted by Crippen LogP contribution is 2.41. The van der Waals surface area contributed by atoms with Gasteiger partial charge in [-0.1, -0.05) is 49.6 Å². The lowest BCUT2D eigenvalue weighted by Gasteiger charge is -2.36. The van der Waals surface area contributed by atoms with Crippen molar-refractivity contribution in [2.24, 2.45) is 0 Å². The SMILES string of the molecule is COc1ccc(C2(C(=O)Nc3cccc(-c4ccc(S(=O)(=O)N5CCC[C@@H]5CO)cc4)n3)CCCCC2)cc1.[HH].[HH].[HH]. The van der Waals surface area contributed by atoms with Crippen molar-refractivity contribution in [1.29, 1.82) is 0 Å². The quantitative estimate of drug-likeness (QED) is 0.381. The van der Waals surface area contributed by atoms with Crippen LogP contribution in [0.1, 0.15) is 54.8 Å². The Morgan fingerprint density at radius 1 is 1.05 bits per heavy atom. The molecule has 1 aliphatic carbocycles. The van der Waals surface area contributed by atoms with Gasteiger partial charge in [0.05, 0.1) is 29.7 Å². The van der Waals surface area contributed by atoms with E-state index in [1.54, 1.807) is 37.4 Å². The summed E-state index contributed by atoms with van der Waals surface area (Å²) >= 11 is 0. The van der Waals surface area contributed by atoms with Gasteiger partial charge >= 0.3 is 0 Å². The summed E-state index contributed by atoms with van der Waals surface area (Å²) in [5.41, 5.74) is 1.73. The maximum Gasteiger partial charge on any atom is 0.243 e. The predicted octanol–water partition coefficient (Wildman–Crippen LogP) is 5.48. The number of pyridine rings is 1. The molecule has 9 heteroatoms. The van der Waals surface area contributed by atoms with Crippen LogP contribution in [-0.4, -0.2) is 55.0 Å². The Hall–Kier alpha value is -3.27. The van der Waals surface area contributed by atoms with Crippen LogP contribution >= 0.6 is 0 Å². The predicted molar refractivity (Wildman–Crippen MR) is 156 cm³/mol. The fraction of sp³-hybridized carbons (Fsp3) is 0.400. The van der Waals surface area contributed by atoms with E-state index in [2.05, 4.69) is 10.3 Å². The lowest BCUT2D eigenvalue weighted by atomic mass is 9.68. The van der Waals surface area contributed by atoms with Gasteiger partial charge in [-0.25, -0.2) is 13.4 Å². The van der Waals surface area contributed by atoms with Gasteiger partial charge in [0.25, 0.3) is 0 Å². The Labute approximate surface area is 234 Å². The Bertz CT molecular complexity index is 1420. The minimum Gasteiger partial charge on any atom is -0.497 e. The first-order valence-corrected chi connectivity index (χ1v) is 15.0. The van der Waals surface area contributed by atoms with Crippen molar-refractivity contribution in [1.82, 2.24) is 9.29 Å². The number of nitrogens with zero attached hydrogens (tertiary/aromatic N) is 2. The molecule has 0 unspecified atom stereocenters. The van der Waals surface area contributed by atoms with Gasteiger partial charge in [-0.05, 0) is 67.6 Å². The van der Waals surface area contributed by atoms with E-state index in [0.717, 1.165) is 55.4 Å². The average Bonchev–Trinajstić information content (AvgIpc) is 3.48. The van der Waals surface area contributed by atoms with Crippen molar-refractivity contribution in [2.45, 2.75) is 61.3 Å². The van der Waals surface area contributed by atoms with Crippen molar-refractivity contribution in [3.8, 4) is 17.0 Å². The first-order valence-electron chi connectivity index (χ1n) is 13.5. The number of aromatic nitrogens is 1. The summed E-state index contributed by atoms with van der Waals surface area (Å²) < 4.78 is 32.9. The molecule has 1 atom stereocenters. The van der Waals surface area contributed by atoms with Gasteiger partial charge in [0.1, 0.15) is 11.6 Å². The number of carbonyl (C=O) groups excluding carboxylic acids is 1. The van der Waals surface area contributed by atoms with E-state index in [1.807, 2.05) is 36.4 Å². The van der Waals surface area contributed by atoms with Gasteiger partial charge in [0.2, 0.25) is 15.9 Å². The molecule has 0 spiro atoms. The molecule has 1 aromatic heterocycles. The monoisotopic (exact) mass is 555 g/mol. The second kappa shape index (κ2) is 11.5. The fourth-order valence-corrected chi connectivity index (χ4v) is 7.54. The van der Waals surface area contributed by atoms with Crippen LogP contribution in [0.3, 0.4) is 0 Å². The molecular weight excluding hydrogens is 514 g/mol. The van der Waals surface area contributed by atoms with Crippen LogP contribution in [0.15, 0.2) is 71.6 Å². The highest BCUT2D eigenvalue weighted by atomic mass is 32.2. The second-order valence-electron chi connectivity index (χ2n) is 10.4. The minimum absolute atomic E-state index is 0. The molecule has 5 rings (SSSR count). The maximum absolute atomic E-state index is 13.8. The first-order chi connectivity index (χ1) is 18.9. The normalized spacial score (nSPS) is 19.5. The number of carbonyl (C=O) groups is 1. The van der Waals surface area contributed by atoms with Crippen LogP contribution in [0.2, 0.25) is 0 Å². The molecule has 2 fully saturated rings. The summed E-state index contributed by atoms with van der Waals surface area (Å²) in [5.74, 6) is 1.14. The lowest BCUT2D eigenvalue weighted by Crippen LogP contribution is -2.42. The number of anilines is 1. The van der Waals surface area contributed by atoms with Crippen LogP contribution in [-0.2, 0) is 20.2 Å². The molecule has 212 valence electrons. The topological polar surface area (TPSA) is 109 Å². The van der Waals surface area contributed by atoms with E-state index in [-0.39, 0.29) is 27.7 Å². The average molecular weight is 556 g/mol. The van der Waals surface area contributed by atoms with Gasteiger partial charge in [-0.2, -0.15) is 4.31 Å². The molecule has 8 nitrogen and oxygen atoms in total. The van der Waals surface area contributed by atoms with Crippen molar-refractivity contribution in [3.63, 3.8) is 0 Å². The van der Waals surface area contributed by atoms with Gasteiger partial charge in [-0.15, -0.1) is 0 Å². The summed E-state index contributed by atoms with van der Waals surface area (Å²) in [4.78, 5) is 18.6. The number of amides is 1. The van der Waals surface area contributed by atoms with Crippen LogP contribution in [0.25, 0.3) is 11.3 Å². The number of benzene rings is 2. The van der Waals surface area contributed by atoms with E-state index >= 15 is 0 Å². The number of aliphatic hydroxyl groups is 1. The molecule has 39 heavy (non-hydrogen) atoms. The third kappa shape index (κ3) is 5.44.